The number of phenolic OH excluding ortho intramolecular Hbond substituents is 2. The number of ether oxygens (including phenoxy) is 3. The Hall–Kier alpha value is -3.51. The van der Waals surface area contributed by atoms with Crippen LogP contribution in [-0.2, 0) is 4.74 Å². The van der Waals surface area contributed by atoms with Crippen LogP contribution >= 0.6 is 0 Å². The predicted molar refractivity (Wildman–Crippen MR) is 129 cm³/mol. The lowest BCUT2D eigenvalue weighted by atomic mass is 9.92. The van der Waals surface area contributed by atoms with E-state index in [2.05, 4.69) is 19.9 Å². The van der Waals surface area contributed by atoms with E-state index in [1.54, 1.807) is 24.3 Å². The molecule has 6 heteroatoms. The van der Waals surface area contributed by atoms with E-state index in [4.69, 9.17) is 14.2 Å². The quantitative estimate of drug-likeness (QED) is 0.215. The summed E-state index contributed by atoms with van der Waals surface area (Å²) >= 11 is 0. The maximum absolute atomic E-state index is 12.9. The standard InChI is InChI=1S/C27H30O6/c1-18(2)6-5-14-27(3)15-13-21-25(30)22(16-24(26(21)33-27)32-17-31-4)23(29)12-9-19-7-10-20(28)11-8-19/h6-13,15-16,28,30H,5,14,17H2,1-4H3/b12-9+. The molecule has 0 bridgehead atoms. The summed E-state index contributed by atoms with van der Waals surface area (Å²) in [6.07, 6.45) is 10.4. The molecule has 33 heavy (non-hydrogen) atoms. The van der Waals surface area contributed by atoms with E-state index in [0.29, 0.717) is 17.1 Å². The van der Waals surface area contributed by atoms with E-state index in [0.717, 1.165) is 18.4 Å². The lowest BCUT2D eigenvalue weighted by molar-refractivity contribution is 0.0436. The average Bonchev–Trinajstić information content (AvgIpc) is 2.77. The van der Waals surface area contributed by atoms with Gasteiger partial charge in [-0.05, 0) is 75.6 Å². The first-order valence-electron chi connectivity index (χ1n) is 10.8. The molecule has 0 spiro atoms. The number of aromatic hydroxyl groups is 2. The second-order valence-corrected chi connectivity index (χ2v) is 8.42. The summed E-state index contributed by atoms with van der Waals surface area (Å²) in [5.74, 6) is 0.286. The number of hydrogen-bond acceptors (Lipinski definition) is 6. The van der Waals surface area contributed by atoms with Crippen molar-refractivity contribution in [1.29, 1.82) is 0 Å². The molecule has 0 aliphatic carbocycles. The number of fused-ring (bicyclic) bond motifs is 1. The lowest BCUT2D eigenvalue weighted by Gasteiger charge is -2.33. The number of hydrogen-bond donors (Lipinski definition) is 2. The molecule has 2 aromatic carbocycles. The van der Waals surface area contributed by atoms with Gasteiger partial charge in [0.05, 0.1) is 11.1 Å². The normalized spacial score (nSPS) is 16.8. The number of allylic oxidation sites excluding steroid dienone is 3. The van der Waals surface area contributed by atoms with Crippen molar-refractivity contribution in [2.75, 3.05) is 13.9 Å². The summed E-state index contributed by atoms with van der Waals surface area (Å²) in [5.41, 5.74) is 1.88. The fraction of sp³-hybridized carbons (Fsp3) is 0.296. The minimum absolute atomic E-state index is 0.0320. The molecule has 1 aliphatic rings. The highest BCUT2D eigenvalue weighted by molar-refractivity contribution is 6.10. The first kappa shape index (κ1) is 24.1. The van der Waals surface area contributed by atoms with Gasteiger partial charge in [-0.25, -0.2) is 0 Å². The van der Waals surface area contributed by atoms with Gasteiger partial charge >= 0.3 is 0 Å². The number of phenols is 2. The third-order valence-electron chi connectivity index (χ3n) is 5.30. The van der Waals surface area contributed by atoms with Crippen molar-refractivity contribution in [3.63, 3.8) is 0 Å². The van der Waals surface area contributed by atoms with Gasteiger partial charge in [-0.1, -0.05) is 29.9 Å². The second-order valence-electron chi connectivity index (χ2n) is 8.42. The Morgan fingerprint density at radius 3 is 2.58 bits per heavy atom. The Labute approximate surface area is 194 Å². The van der Waals surface area contributed by atoms with Crippen LogP contribution in [0.5, 0.6) is 23.0 Å². The summed E-state index contributed by atoms with van der Waals surface area (Å²) in [6.45, 7) is 6.05. The monoisotopic (exact) mass is 450 g/mol. The number of benzene rings is 2. The number of methoxy groups -OCH3 is 1. The minimum Gasteiger partial charge on any atom is -0.508 e. The molecular formula is C27H30O6. The molecule has 0 radical (unpaired) electrons. The molecule has 1 unspecified atom stereocenters. The Balaban J connectivity index is 1.93. The van der Waals surface area contributed by atoms with E-state index in [1.807, 2.05) is 13.0 Å². The van der Waals surface area contributed by atoms with Gasteiger partial charge in [0.15, 0.2) is 24.1 Å². The van der Waals surface area contributed by atoms with Gasteiger partial charge in [0.1, 0.15) is 17.1 Å². The van der Waals surface area contributed by atoms with Crippen LogP contribution in [0, 0.1) is 0 Å². The Kier molecular flexibility index (Phi) is 7.61. The third-order valence-corrected chi connectivity index (χ3v) is 5.30. The summed E-state index contributed by atoms with van der Waals surface area (Å²) in [5, 5.41) is 20.3. The molecular weight excluding hydrogens is 420 g/mol. The number of carbonyl (C=O) groups is 1. The number of carbonyl (C=O) groups excluding carboxylic acids is 1. The molecule has 1 aliphatic heterocycles. The summed E-state index contributed by atoms with van der Waals surface area (Å²) in [4.78, 5) is 12.9. The number of ketones is 1. The largest absolute Gasteiger partial charge is 0.508 e. The zero-order valence-electron chi connectivity index (χ0n) is 19.4. The minimum atomic E-state index is -0.582. The van der Waals surface area contributed by atoms with Crippen LogP contribution in [0.4, 0.5) is 0 Å². The van der Waals surface area contributed by atoms with E-state index < -0.39 is 11.4 Å². The van der Waals surface area contributed by atoms with Gasteiger partial charge in [0.25, 0.3) is 0 Å². The van der Waals surface area contributed by atoms with Gasteiger partial charge in [-0.15, -0.1) is 0 Å². The molecule has 2 N–H and O–H groups in total. The van der Waals surface area contributed by atoms with Crippen molar-refractivity contribution in [1.82, 2.24) is 0 Å². The van der Waals surface area contributed by atoms with Crippen molar-refractivity contribution < 1.29 is 29.2 Å². The molecule has 6 nitrogen and oxygen atoms in total. The summed E-state index contributed by atoms with van der Waals surface area (Å²) in [7, 11) is 1.50. The van der Waals surface area contributed by atoms with E-state index in [9.17, 15) is 15.0 Å². The highest BCUT2D eigenvalue weighted by Crippen LogP contribution is 2.46. The van der Waals surface area contributed by atoms with E-state index in [1.165, 1.54) is 37.0 Å². The van der Waals surface area contributed by atoms with Gasteiger partial charge in [0.2, 0.25) is 0 Å². The molecule has 0 aromatic heterocycles. The zero-order chi connectivity index (χ0) is 24.0. The molecule has 0 amide bonds. The fourth-order valence-corrected chi connectivity index (χ4v) is 3.48. The summed E-state index contributed by atoms with van der Waals surface area (Å²) in [6, 6.07) is 7.92. The molecule has 0 saturated heterocycles. The molecule has 0 fully saturated rings. The van der Waals surface area contributed by atoms with Crippen LogP contribution in [0.2, 0.25) is 0 Å². The molecule has 1 heterocycles. The van der Waals surface area contributed by atoms with E-state index >= 15 is 0 Å². The molecule has 1 atom stereocenters. The van der Waals surface area contributed by atoms with Crippen molar-refractivity contribution >= 4 is 17.9 Å². The average molecular weight is 451 g/mol. The second kappa shape index (κ2) is 10.4. The highest BCUT2D eigenvalue weighted by Gasteiger charge is 2.32. The smallest absolute Gasteiger partial charge is 0.189 e. The summed E-state index contributed by atoms with van der Waals surface area (Å²) < 4.78 is 17.0. The maximum atomic E-state index is 12.9. The van der Waals surface area contributed by atoms with Crippen LogP contribution in [0.25, 0.3) is 12.2 Å². The van der Waals surface area contributed by atoms with Crippen LogP contribution in [-0.4, -0.2) is 35.5 Å². The van der Waals surface area contributed by atoms with Crippen LogP contribution in [0.1, 0.15) is 55.1 Å². The van der Waals surface area contributed by atoms with Crippen molar-refractivity contribution in [2.45, 2.75) is 39.2 Å². The molecule has 174 valence electrons. The van der Waals surface area contributed by atoms with Crippen LogP contribution < -0.4 is 9.47 Å². The SMILES string of the molecule is COCOc1cc(C(=O)/C=C/c2ccc(O)cc2)c(O)c2c1OC(C)(CCC=C(C)C)C=C2. The van der Waals surface area contributed by atoms with Crippen LogP contribution in [0.3, 0.4) is 0 Å². The first-order valence-corrected chi connectivity index (χ1v) is 10.8. The molecule has 3 rings (SSSR count). The van der Waals surface area contributed by atoms with Crippen molar-refractivity contribution in [2.24, 2.45) is 0 Å². The first-order chi connectivity index (χ1) is 15.7. The van der Waals surface area contributed by atoms with Gasteiger partial charge in [0, 0.05) is 7.11 Å². The predicted octanol–water partition coefficient (Wildman–Crippen LogP) is 5.89. The maximum Gasteiger partial charge on any atom is 0.189 e. The number of rotatable bonds is 9. The Morgan fingerprint density at radius 2 is 1.91 bits per heavy atom. The molecule has 0 saturated carbocycles. The fourth-order valence-electron chi connectivity index (χ4n) is 3.48. The van der Waals surface area contributed by atoms with Gasteiger partial charge < -0.3 is 24.4 Å². The van der Waals surface area contributed by atoms with Gasteiger partial charge in [-0.3, -0.25) is 4.79 Å². The zero-order valence-corrected chi connectivity index (χ0v) is 19.4. The third kappa shape index (κ3) is 6.05. The van der Waals surface area contributed by atoms with Crippen molar-refractivity contribution in [3.05, 3.63) is 70.8 Å². The van der Waals surface area contributed by atoms with E-state index in [-0.39, 0.29) is 23.9 Å². The van der Waals surface area contributed by atoms with Crippen molar-refractivity contribution in [3.8, 4) is 23.0 Å². The van der Waals surface area contributed by atoms with Crippen LogP contribution in [0.15, 0.2) is 54.1 Å². The highest BCUT2D eigenvalue weighted by atomic mass is 16.7. The topological polar surface area (TPSA) is 85.2 Å². The molecule has 2 aromatic rings. The Bertz CT molecular complexity index is 1090. The lowest BCUT2D eigenvalue weighted by Crippen LogP contribution is -2.32. The van der Waals surface area contributed by atoms with Gasteiger partial charge in [-0.2, -0.15) is 0 Å². The Morgan fingerprint density at radius 1 is 1.18 bits per heavy atom.